The van der Waals surface area contributed by atoms with E-state index in [1.54, 1.807) is 0 Å². The summed E-state index contributed by atoms with van der Waals surface area (Å²) >= 11 is 0. The van der Waals surface area contributed by atoms with Gasteiger partial charge in [-0.05, 0) is 144 Å². The molecule has 20 rings (SSSR count). The first kappa shape index (κ1) is 53.9. The van der Waals surface area contributed by atoms with Gasteiger partial charge in [-0.15, -0.1) is 0 Å². The first-order valence-corrected chi connectivity index (χ1v) is 33.2. The Morgan fingerprint density at radius 3 is 1.55 bits per heavy atom. The van der Waals surface area contributed by atoms with E-state index in [1.807, 2.05) is 13.8 Å². The highest BCUT2D eigenvalue weighted by Gasteiger charge is 2.33. The van der Waals surface area contributed by atoms with Gasteiger partial charge in [0.15, 0.2) is 5.82 Å². The molecule has 0 bridgehead atoms. The number of rotatable bonds is 8. The SMILES string of the molecule is C1=Cc2c(c3c(-c4cccc5c4c4ccccc4n5-c4cccc(-c5nc(-c6ccccc6)c6c(n5)-c5cccc7c(-n8c9c(c%10ccccc%108)C(c8cccc%10c8c8ccccc8n%10-c8ccccc8)=CCC9)ccc-6c57)c4)cccc3n2-c2ccccc2)CC1.CC. The maximum atomic E-state index is 5.72. The summed E-state index contributed by atoms with van der Waals surface area (Å²) in [6.45, 7) is 4.00. The molecule has 0 unspecified atom stereocenters. The quantitative estimate of drug-likeness (QED) is 0.152. The number of benzene rings is 12. The Labute approximate surface area is 544 Å². The average Bonchev–Trinajstić information content (AvgIpc) is 1.56. The summed E-state index contributed by atoms with van der Waals surface area (Å²) in [6.07, 6.45) is 11.0. The highest BCUT2D eigenvalue weighted by atomic mass is 15.0. The van der Waals surface area contributed by atoms with E-state index in [1.165, 1.54) is 121 Å². The molecule has 6 nitrogen and oxygen atoms in total. The highest BCUT2D eigenvalue weighted by Crippen LogP contribution is 2.54. The predicted molar refractivity (Wildman–Crippen MR) is 393 cm³/mol. The van der Waals surface area contributed by atoms with Gasteiger partial charge in [0.25, 0.3) is 0 Å². The third-order valence-corrected chi connectivity index (χ3v) is 20.0. The maximum Gasteiger partial charge on any atom is 0.160 e. The molecule has 5 heterocycles. The molecular formula is C88H62N6. The lowest BCUT2D eigenvalue weighted by Gasteiger charge is -2.20. The van der Waals surface area contributed by atoms with E-state index in [4.69, 9.17) is 9.97 Å². The molecule has 0 spiro atoms. The van der Waals surface area contributed by atoms with Crippen LogP contribution in [0.3, 0.4) is 0 Å². The number of fused-ring (bicyclic) bond motifs is 15. The van der Waals surface area contributed by atoms with Crippen LogP contribution in [0, 0.1) is 0 Å². The minimum Gasteiger partial charge on any atom is -0.312 e. The van der Waals surface area contributed by atoms with Gasteiger partial charge >= 0.3 is 0 Å². The normalized spacial score (nSPS) is 13.1. The zero-order chi connectivity index (χ0) is 62.1. The van der Waals surface area contributed by atoms with Crippen molar-refractivity contribution in [2.24, 2.45) is 0 Å². The standard InChI is InChI=1S/C86H56N6.C2H6/c1-4-24-53(25-5-1)84-83-67-50-51-73(92-72-45-17-13-35-66(72)82-61(39-23-49-77(82)92)60-37-21-47-75-80(60)64-33-11-15-43-70(64)90(75)56-29-8-3-9-30-56)62-40-19-41-68(78(62)67)85(83)88-86(87-84)54-26-18-31-57(52-54)91-71-44-16-12-34-65(71)81-59(38-22-48-76(81)91)58-36-20-46-74-79(58)63-32-10-14-42-69(63)89(74)55-27-6-2-7-28-55;1-2/h1-9,11-22,24-31,33-48,50-52H,10,23,32,49H2;1-2H3. The summed E-state index contributed by atoms with van der Waals surface area (Å²) in [4.78, 5) is 11.4. The molecule has 0 amide bonds. The fraction of sp³-hybridized carbons (Fsp3) is 0.0682. The number of aromatic nitrogens is 6. The second-order valence-corrected chi connectivity index (χ2v) is 24.8. The van der Waals surface area contributed by atoms with Crippen LogP contribution in [-0.4, -0.2) is 28.2 Å². The smallest absolute Gasteiger partial charge is 0.160 e. The van der Waals surface area contributed by atoms with Gasteiger partial charge in [-0.3, -0.25) is 0 Å². The zero-order valence-corrected chi connectivity index (χ0v) is 52.2. The Morgan fingerprint density at radius 1 is 0.330 bits per heavy atom. The van der Waals surface area contributed by atoms with Crippen molar-refractivity contribution >= 4 is 87.8 Å². The van der Waals surface area contributed by atoms with Crippen molar-refractivity contribution in [1.82, 2.24) is 28.2 Å². The third kappa shape index (κ3) is 7.83. The van der Waals surface area contributed by atoms with Crippen LogP contribution in [-0.2, 0) is 12.8 Å². The molecule has 0 atom stereocenters. The number of para-hydroxylation sites is 5. The Hall–Kier alpha value is -11.9. The lowest BCUT2D eigenvalue weighted by Crippen LogP contribution is -2.06. The van der Waals surface area contributed by atoms with Crippen molar-refractivity contribution in [2.45, 2.75) is 39.5 Å². The molecule has 12 aromatic carbocycles. The fourth-order valence-electron chi connectivity index (χ4n) is 16.4. The van der Waals surface area contributed by atoms with Crippen LogP contribution in [0.1, 0.15) is 54.8 Å². The molecule has 0 saturated heterocycles. The van der Waals surface area contributed by atoms with Crippen molar-refractivity contribution in [1.29, 1.82) is 0 Å². The van der Waals surface area contributed by atoms with Crippen LogP contribution in [0.5, 0.6) is 0 Å². The zero-order valence-electron chi connectivity index (χ0n) is 52.2. The third-order valence-electron chi connectivity index (χ3n) is 20.0. The van der Waals surface area contributed by atoms with E-state index in [0.717, 1.165) is 87.3 Å². The molecule has 6 heteroatoms. The van der Waals surface area contributed by atoms with Crippen LogP contribution >= 0.6 is 0 Å². The summed E-state index contributed by atoms with van der Waals surface area (Å²) in [5, 5.41) is 9.99. The van der Waals surface area contributed by atoms with E-state index in [-0.39, 0.29) is 0 Å². The monoisotopic (exact) mass is 1200 g/mol. The second-order valence-electron chi connectivity index (χ2n) is 24.8. The number of aryl methyl sites for hydroxylation is 1. The molecule has 17 aromatic rings. The Kier molecular flexibility index (Phi) is 12.3. The van der Waals surface area contributed by atoms with E-state index in [2.05, 4.69) is 309 Å². The molecule has 0 fully saturated rings. The predicted octanol–water partition coefficient (Wildman–Crippen LogP) is 22.7. The molecule has 3 aliphatic rings. The average molecular weight is 1200 g/mol. The van der Waals surface area contributed by atoms with Gasteiger partial charge in [0.2, 0.25) is 0 Å². The summed E-state index contributed by atoms with van der Waals surface area (Å²) in [5.41, 5.74) is 29.4. The van der Waals surface area contributed by atoms with Gasteiger partial charge < -0.3 is 18.3 Å². The second kappa shape index (κ2) is 21.4. The van der Waals surface area contributed by atoms with Crippen LogP contribution in [0.25, 0.3) is 167 Å². The number of nitrogens with zero attached hydrogens (tertiary/aromatic N) is 6. The Bertz CT molecular complexity index is 6050. The maximum absolute atomic E-state index is 5.72. The number of hydrogen-bond donors (Lipinski definition) is 0. The van der Waals surface area contributed by atoms with Crippen LogP contribution in [0.15, 0.2) is 285 Å². The van der Waals surface area contributed by atoms with Crippen LogP contribution in [0.4, 0.5) is 0 Å². The molecule has 3 aliphatic carbocycles. The van der Waals surface area contributed by atoms with Gasteiger partial charge in [-0.1, -0.05) is 220 Å². The largest absolute Gasteiger partial charge is 0.312 e. The fourth-order valence-corrected chi connectivity index (χ4v) is 16.4. The molecule has 0 aliphatic heterocycles. The lowest BCUT2D eigenvalue weighted by atomic mass is 9.87. The van der Waals surface area contributed by atoms with Gasteiger partial charge in [0, 0.05) is 99.4 Å². The lowest BCUT2D eigenvalue weighted by molar-refractivity contribution is 0.887. The number of hydrogen-bond acceptors (Lipinski definition) is 2. The van der Waals surface area contributed by atoms with Gasteiger partial charge in [0.1, 0.15) is 0 Å². The topological polar surface area (TPSA) is 45.5 Å². The van der Waals surface area contributed by atoms with E-state index >= 15 is 0 Å². The molecule has 94 heavy (non-hydrogen) atoms. The summed E-state index contributed by atoms with van der Waals surface area (Å²) in [6, 6.07) is 100. The molecule has 444 valence electrons. The minimum absolute atomic E-state index is 0.691. The van der Waals surface area contributed by atoms with Gasteiger partial charge in [0.05, 0.1) is 50.2 Å². The summed E-state index contributed by atoms with van der Waals surface area (Å²) < 4.78 is 9.92. The van der Waals surface area contributed by atoms with E-state index < -0.39 is 0 Å². The molecule has 0 N–H and O–H groups in total. The van der Waals surface area contributed by atoms with Crippen molar-refractivity contribution < 1.29 is 0 Å². The van der Waals surface area contributed by atoms with E-state index in [0.29, 0.717) is 5.82 Å². The highest BCUT2D eigenvalue weighted by molar-refractivity contribution is 6.22. The van der Waals surface area contributed by atoms with Crippen molar-refractivity contribution in [3.63, 3.8) is 0 Å². The Balaban J connectivity index is 0.00000311. The van der Waals surface area contributed by atoms with Crippen molar-refractivity contribution in [3.05, 3.63) is 313 Å². The van der Waals surface area contributed by atoms with Crippen molar-refractivity contribution in [2.75, 3.05) is 0 Å². The molecule has 5 aromatic heterocycles. The molecule has 0 radical (unpaired) electrons. The molecular weight excluding hydrogens is 1140 g/mol. The van der Waals surface area contributed by atoms with E-state index in [9.17, 15) is 0 Å². The molecule has 0 saturated carbocycles. The summed E-state index contributed by atoms with van der Waals surface area (Å²) in [5.74, 6) is 0.691. The minimum atomic E-state index is 0.691. The van der Waals surface area contributed by atoms with Gasteiger partial charge in [-0.2, -0.15) is 0 Å². The summed E-state index contributed by atoms with van der Waals surface area (Å²) in [7, 11) is 0. The van der Waals surface area contributed by atoms with Crippen LogP contribution < -0.4 is 0 Å². The Morgan fingerprint density at radius 2 is 0.840 bits per heavy atom. The van der Waals surface area contributed by atoms with Crippen LogP contribution in [0.2, 0.25) is 0 Å². The first-order valence-electron chi connectivity index (χ1n) is 33.2. The number of allylic oxidation sites excluding steroid dienone is 2. The first-order chi connectivity index (χ1) is 46.7. The van der Waals surface area contributed by atoms with Crippen molar-refractivity contribution in [3.8, 4) is 78.9 Å². The van der Waals surface area contributed by atoms with Gasteiger partial charge in [-0.25, -0.2) is 9.97 Å².